The minimum Gasteiger partial charge on any atom is -0.462 e. The number of ether oxygens (including phenoxy) is 2. The van der Waals surface area contributed by atoms with Crippen LogP contribution >= 0.6 is 23.6 Å². The Bertz CT molecular complexity index is 694. The molecule has 1 aromatic heterocycles. The Kier molecular flexibility index (Phi) is 12.6. The summed E-state index contributed by atoms with van der Waals surface area (Å²) < 4.78 is 10.4. The van der Waals surface area contributed by atoms with E-state index in [1.807, 2.05) is 0 Å². The van der Waals surface area contributed by atoms with Crippen LogP contribution in [0.15, 0.2) is 0 Å². The van der Waals surface area contributed by atoms with Crippen molar-refractivity contribution in [2.75, 3.05) is 31.6 Å². The van der Waals surface area contributed by atoms with E-state index in [4.69, 9.17) is 21.7 Å². The number of carbonyl (C=O) groups is 2. The number of hydrogen-bond acceptors (Lipinski definition) is 6. The van der Waals surface area contributed by atoms with Gasteiger partial charge in [-0.2, -0.15) is 0 Å². The molecule has 8 heteroatoms. The molecule has 0 aliphatic heterocycles. The number of nitrogens with one attached hydrogen (secondary N) is 1. The molecule has 0 saturated carbocycles. The molecule has 0 bridgehead atoms. The molecule has 1 heterocycles. The average molecular weight is 457 g/mol. The maximum Gasteiger partial charge on any atom is 0.348 e. The molecule has 0 fully saturated rings. The quantitative estimate of drug-likeness (QED) is 0.229. The van der Waals surface area contributed by atoms with Crippen molar-refractivity contribution in [3.8, 4) is 0 Å². The summed E-state index contributed by atoms with van der Waals surface area (Å²) in [6.45, 7) is 11.9. The van der Waals surface area contributed by atoms with E-state index in [2.05, 4.69) is 24.1 Å². The summed E-state index contributed by atoms with van der Waals surface area (Å²) in [5, 5.41) is 4.34. The van der Waals surface area contributed by atoms with Crippen molar-refractivity contribution < 1.29 is 19.1 Å². The molecule has 0 radical (unpaired) electrons. The van der Waals surface area contributed by atoms with Gasteiger partial charge in [0.25, 0.3) is 0 Å². The first kappa shape index (κ1) is 26.4. The van der Waals surface area contributed by atoms with E-state index >= 15 is 0 Å². The van der Waals surface area contributed by atoms with Gasteiger partial charge in [-0.05, 0) is 51.4 Å². The smallest absolute Gasteiger partial charge is 0.348 e. The molecule has 0 aliphatic rings. The molecule has 170 valence electrons. The molecule has 0 unspecified atom stereocenters. The summed E-state index contributed by atoms with van der Waals surface area (Å²) in [6.07, 6.45) is 6.70. The zero-order chi connectivity index (χ0) is 22.5. The van der Waals surface area contributed by atoms with E-state index in [1.54, 1.807) is 20.8 Å². The van der Waals surface area contributed by atoms with Gasteiger partial charge in [0.1, 0.15) is 9.88 Å². The molecule has 6 nitrogen and oxygen atoms in total. The lowest BCUT2D eigenvalue weighted by Gasteiger charge is -2.26. The van der Waals surface area contributed by atoms with Crippen molar-refractivity contribution in [2.24, 2.45) is 0 Å². The normalized spacial score (nSPS) is 10.6. The van der Waals surface area contributed by atoms with Crippen LogP contribution in [0.3, 0.4) is 0 Å². The van der Waals surface area contributed by atoms with Gasteiger partial charge in [0.05, 0.1) is 18.8 Å². The lowest BCUT2D eigenvalue weighted by Crippen LogP contribution is -2.36. The Labute approximate surface area is 190 Å². The van der Waals surface area contributed by atoms with Gasteiger partial charge < -0.3 is 19.7 Å². The van der Waals surface area contributed by atoms with Crippen LogP contribution in [0, 0.1) is 6.92 Å². The number of nitrogens with zero attached hydrogens (tertiary/aromatic N) is 1. The maximum atomic E-state index is 12.6. The van der Waals surface area contributed by atoms with Crippen LogP contribution in [0.5, 0.6) is 0 Å². The van der Waals surface area contributed by atoms with E-state index in [0.717, 1.165) is 51.6 Å². The summed E-state index contributed by atoms with van der Waals surface area (Å²) in [7, 11) is 0. The third-order valence-electron chi connectivity index (χ3n) is 4.66. The van der Waals surface area contributed by atoms with Gasteiger partial charge in [0.2, 0.25) is 0 Å². The average Bonchev–Trinajstić information content (AvgIpc) is 3.03. The highest BCUT2D eigenvalue weighted by Gasteiger charge is 2.27. The zero-order valence-corrected chi connectivity index (χ0v) is 20.6. The first-order valence-corrected chi connectivity index (χ1v) is 12.2. The van der Waals surface area contributed by atoms with Gasteiger partial charge in [0, 0.05) is 13.1 Å². The fourth-order valence-electron chi connectivity index (χ4n) is 3.04. The predicted octanol–water partition coefficient (Wildman–Crippen LogP) is 5.79. The Hall–Kier alpha value is -1.67. The Morgan fingerprint density at radius 1 is 0.933 bits per heavy atom. The van der Waals surface area contributed by atoms with Crippen LogP contribution in [0.25, 0.3) is 0 Å². The fourth-order valence-corrected chi connectivity index (χ4v) is 4.48. The SMILES string of the molecule is CCCCCN(CCCCC)C(=S)Nc1sc(C(=O)OCC)c(C)c1C(=O)OCC. The van der Waals surface area contributed by atoms with Crippen molar-refractivity contribution in [1.29, 1.82) is 0 Å². The van der Waals surface area contributed by atoms with Crippen molar-refractivity contribution in [3.05, 3.63) is 16.0 Å². The third kappa shape index (κ3) is 7.87. The second-order valence-electron chi connectivity index (χ2n) is 7.03. The van der Waals surface area contributed by atoms with Gasteiger partial charge in [-0.15, -0.1) is 11.3 Å². The van der Waals surface area contributed by atoms with Gasteiger partial charge in [-0.1, -0.05) is 39.5 Å². The van der Waals surface area contributed by atoms with Crippen LogP contribution in [-0.4, -0.2) is 48.3 Å². The highest BCUT2D eigenvalue weighted by molar-refractivity contribution is 7.80. The van der Waals surface area contributed by atoms with Crippen LogP contribution in [0.4, 0.5) is 5.00 Å². The fraction of sp³-hybridized carbons (Fsp3) is 0.682. The van der Waals surface area contributed by atoms with Crippen molar-refractivity contribution >= 4 is 45.6 Å². The topological polar surface area (TPSA) is 67.9 Å². The lowest BCUT2D eigenvalue weighted by atomic mass is 10.1. The summed E-state index contributed by atoms with van der Waals surface area (Å²) in [5.74, 6) is -0.900. The minimum atomic E-state index is -0.462. The molecule has 0 atom stereocenters. The lowest BCUT2D eigenvalue weighted by molar-refractivity contribution is 0.0527. The molecule has 0 amide bonds. The Morgan fingerprint density at radius 3 is 1.97 bits per heavy atom. The monoisotopic (exact) mass is 456 g/mol. The number of unbranched alkanes of at least 4 members (excludes halogenated alkanes) is 4. The number of anilines is 1. The van der Waals surface area contributed by atoms with Gasteiger partial charge >= 0.3 is 11.9 Å². The summed E-state index contributed by atoms with van der Waals surface area (Å²) in [5.41, 5.74) is 0.917. The Balaban J connectivity index is 3.12. The third-order valence-corrected chi connectivity index (χ3v) is 6.21. The van der Waals surface area contributed by atoms with Crippen LogP contribution < -0.4 is 5.32 Å². The number of thiophene rings is 1. The molecule has 1 N–H and O–H groups in total. The van der Waals surface area contributed by atoms with Gasteiger partial charge in [0.15, 0.2) is 5.11 Å². The first-order chi connectivity index (χ1) is 14.4. The summed E-state index contributed by atoms with van der Waals surface area (Å²) >= 11 is 6.88. The minimum absolute atomic E-state index is 0.257. The predicted molar refractivity (Wildman–Crippen MR) is 128 cm³/mol. The highest BCUT2D eigenvalue weighted by atomic mass is 32.1. The second kappa shape index (κ2) is 14.4. The number of hydrogen-bond donors (Lipinski definition) is 1. The molecule has 30 heavy (non-hydrogen) atoms. The van der Waals surface area contributed by atoms with Crippen LogP contribution in [-0.2, 0) is 9.47 Å². The van der Waals surface area contributed by atoms with Crippen molar-refractivity contribution in [2.45, 2.75) is 73.1 Å². The molecule has 0 aromatic carbocycles. The number of carbonyl (C=O) groups excluding carboxylic acids is 2. The standard InChI is InChI=1S/C22H36N2O4S2/c1-6-10-12-14-24(15-13-11-7-2)22(29)23-19-17(20(25)27-8-3)16(5)18(30-19)21(26)28-9-4/h6-15H2,1-5H3,(H,23,29). The first-order valence-electron chi connectivity index (χ1n) is 10.9. The highest BCUT2D eigenvalue weighted by Crippen LogP contribution is 2.34. The van der Waals surface area contributed by atoms with Crippen LogP contribution in [0.2, 0.25) is 0 Å². The summed E-state index contributed by atoms with van der Waals surface area (Å²) in [4.78, 5) is 27.5. The molecule has 1 aromatic rings. The number of thiocarbonyl (C=S) groups is 1. The number of esters is 2. The molecule has 0 spiro atoms. The van der Waals surface area contributed by atoms with E-state index in [-0.39, 0.29) is 13.2 Å². The van der Waals surface area contributed by atoms with Crippen molar-refractivity contribution in [1.82, 2.24) is 4.90 Å². The van der Waals surface area contributed by atoms with Crippen LogP contribution in [0.1, 0.15) is 91.8 Å². The number of rotatable bonds is 13. The Morgan fingerprint density at radius 2 is 1.47 bits per heavy atom. The van der Waals surface area contributed by atoms with E-state index < -0.39 is 11.9 Å². The molecule has 0 saturated heterocycles. The molecular weight excluding hydrogens is 420 g/mol. The molecule has 1 rings (SSSR count). The van der Waals surface area contributed by atoms with E-state index in [9.17, 15) is 9.59 Å². The van der Waals surface area contributed by atoms with Gasteiger partial charge in [-0.25, -0.2) is 9.59 Å². The summed E-state index contributed by atoms with van der Waals surface area (Å²) in [6, 6.07) is 0. The van der Waals surface area contributed by atoms with E-state index in [0.29, 0.717) is 26.1 Å². The zero-order valence-electron chi connectivity index (χ0n) is 19.0. The van der Waals surface area contributed by atoms with Gasteiger partial charge in [-0.3, -0.25) is 0 Å². The van der Waals surface area contributed by atoms with E-state index in [1.165, 1.54) is 11.3 Å². The van der Waals surface area contributed by atoms with Crippen molar-refractivity contribution in [3.63, 3.8) is 0 Å². The second-order valence-corrected chi connectivity index (χ2v) is 8.44. The maximum absolute atomic E-state index is 12.6. The molecular formula is C22H36N2O4S2. The largest absolute Gasteiger partial charge is 0.462 e. The molecule has 0 aliphatic carbocycles.